The Bertz CT molecular complexity index is 622. The second-order valence-electron chi connectivity index (χ2n) is 7.86. The van der Waals surface area contributed by atoms with Crippen LogP contribution in [0.2, 0.25) is 0 Å². The van der Waals surface area contributed by atoms with E-state index in [1.807, 2.05) is 31.1 Å². The van der Waals surface area contributed by atoms with E-state index in [1.165, 1.54) is 25.7 Å². The summed E-state index contributed by atoms with van der Waals surface area (Å²) in [6, 6.07) is 5.36. The molecule has 3 rings (SSSR count). The van der Waals surface area contributed by atoms with Crippen molar-refractivity contribution in [1.82, 2.24) is 15.1 Å². The van der Waals surface area contributed by atoms with Crippen LogP contribution < -0.4 is 5.32 Å². The van der Waals surface area contributed by atoms with Crippen molar-refractivity contribution < 1.29 is 4.39 Å². The fourth-order valence-electron chi connectivity index (χ4n) is 3.98. The van der Waals surface area contributed by atoms with Gasteiger partial charge in [-0.05, 0) is 63.4 Å². The number of hydrogen-bond donors (Lipinski definition) is 1. The Morgan fingerprint density at radius 1 is 1.32 bits per heavy atom. The second kappa shape index (κ2) is 7.73. The molecule has 0 aromatic heterocycles. The van der Waals surface area contributed by atoms with E-state index >= 15 is 0 Å². The Morgan fingerprint density at radius 3 is 2.72 bits per heavy atom. The van der Waals surface area contributed by atoms with Crippen LogP contribution in [0.15, 0.2) is 23.2 Å². The fraction of sp³-hybridized carbons (Fsp3) is 0.650. The molecule has 1 spiro atoms. The molecule has 0 atom stereocenters. The number of nitrogens with one attached hydrogen (secondary N) is 1. The zero-order chi connectivity index (χ0) is 17.9. The van der Waals surface area contributed by atoms with Crippen molar-refractivity contribution in [2.24, 2.45) is 10.4 Å². The first-order valence-corrected chi connectivity index (χ1v) is 9.47. The van der Waals surface area contributed by atoms with Gasteiger partial charge in [-0.2, -0.15) is 0 Å². The molecular weight excluding hydrogens is 315 g/mol. The molecule has 0 bridgehead atoms. The average Bonchev–Trinajstić information content (AvgIpc) is 2.99. The lowest BCUT2D eigenvalue weighted by molar-refractivity contribution is 0.151. The molecule has 0 radical (unpaired) electrons. The van der Waals surface area contributed by atoms with Crippen LogP contribution >= 0.6 is 0 Å². The molecule has 4 nitrogen and oxygen atoms in total. The molecule has 138 valence electrons. The minimum Gasteiger partial charge on any atom is -0.357 e. The smallest absolute Gasteiger partial charge is 0.194 e. The molecule has 1 saturated heterocycles. The third-order valence-electron chi connectivity index (χ3n) is 5.50. The van der Waals surface area contributed by atoms with Crippen molar-refractivity contribution in [2.75, 3.05) is 33.7 Å². The highest BCUT2D eigenvalue weighted by atomic mass is 19.1. The van der Waals surface area contributed by atoms with Gasteiger partial charge in [0.15, 0.2) is 5.96 Å². The number of hydrogen-bond acceptors (Lipinski definition) is 2. The Kier molecular flexibility index (Phi) is 5.62. The molecule has 1 aromatic carbocycles. The van der Waals surface area contributed by atoms with Crippen molar-refractivity contribution in [3.63, 3.8) is 0 Å². The summed E-state index contributed by atoms with van der Waals surface area (Å²) in [5.41, 5.74) is 2.36. The normalized spacial score (nSPS) is 19.6. The summed E-state index contributed by atoms with van der Waals surface area (Å²) in [6.45, 7) is 6.41. The van der Waals surface area contributed by atoms with E-state index in [0.29, 0.717) is 18.5 Å². The second-order valence-corrected chi connectivity index (χ2v) is 7.86. The van der Waals surface area contributed by atoms with Crippen LogP contribution in [-0.4, -0.2) is 49.5 Å². The molecule has 2 aliphatic rings. The number of halogens is 1. The molecule has 0 unspecified atom stereocenters. The minimum absolute atomic E-state index is 0.139. The van der Waals surface area contributed by atoms with Gasteiger partial charge in [-0.3, -0.25) is 0 Å². The molecule has 25 heavy (non-hydrogen) atoms. The van der Waals surface area contributed by atoms with E-state index in [9.17, 15) is 4.39 Å². The van der Waals surface area contributed by atoms with Gasteiger partial charge in [0.25, 0.3) is 0 Å². The maximum atomic E-state index is 13.9. The Labute approximate surface area is 151 Å². The quantitative estimate of drug-likeness (QED) is 0.656. The molecule has 2 fully saturated rings. The summed E-state index contributed by atoms with van der Waals surface area (Å²) in [6.07, 6.45) is 5.41. The van der Waals surface area contributed by atoms with Crippen LogP contribution in [-0.2, 0) is 13.1 Å². The third-order valence-corrected chi connectivity index (χ3v) is 5.50. The maximum absolute atomic E-state index is 13.9. The average molecular weight is 346 g/mol. The highest BCUT2D eigenvalue weighted by molar-refractivity contribution is 5.80. The lowest BCUT2D eigenvalue weighted by Gasteiger charge is -2.38. The number of nitrogens with zero attached hydrogens (tertiary/aromatic N) is 3. The largest absolute Gasteiger partial charge is 0.357 e. The molecule has 1 saturated carbocycles. The maximum Gasteiger partial charge on any atom is 0.194 e. The first-order chi connectivity index (χ1) is 12.0. The van der Waals surface area contributed by atoms with Crippen LogP contribution in [0.1, 0.15) is 43.7 Å². The van der Waals surface area contributed by atoms with Gasteiger partial charge in [0.05, 0.1) is 6.54 Å². The van der Waals surface area contributed by atoms with Crippen molar-refractivity contribution in [3.8, 4) is 0 Å². The van der Waals surface area contributed by atoms with Gasteiger partial charge in [0, 0.05) is 31.7 Å². The summed E-state index contributed by atoms with van der Waals surface area (Å²) < 4.78 is 13.9. The van der Waals surface area contributed by atoms with Crippen molar-refractivity contribution in [2.45, 2.75) is 45.7 Å². The number of guanidine groups is 1. The van der Waals surface area contributed by atoms with Gasteiger partial charge in [0.1, 0.15) is 5.82 Å². The molecule has 1 N–H and O–H groups in total. The van der Waals surface area contributed by atoms with Crippen LogP contribution in [0, 0.1) is 11.2 Å². The van der Waals surface area contributed by atoms with Crippen LogP contribution in [0.3, 0.4) is 0 Å². The van der Waals surface area contributed by atoms with Gasteiger partial charge >= 0.3 is 0 Å². The highest BCUT2D eigenvalue weighted by Gasteiger charge is 2.43. The molecular formula is C20H31FN4. The topological polar surface area (TPSA) is 30.9 Å². The number of aliphatic imine (C=N–C) groups is 1. The predicted molar refractivity (Wildman–Crippen MR) is 101 cm³/mol. The summed E-state index contributed by atoms with van der Waals surface area (Å²) >= 11 is 0. The highest BCUT2D eigenvalue weighted by Crippen LogP contribution is 2.47. The summed E-state index contributed by atoms with van der Waals surface area (Å²) in [7, 11) is 3.91. The summed E-state index contributed by atoms with van der Waals surface area (Å²) in [4.78, 5) is 9.23. The SMILES string of the molecule is CCNC(=NCc1ccc(F)c(CN(C)C)c1)N1CCC2(CCC2)C1. The van der Waals surface area contributed by atoms with Crippen LogP contribution in [0.25, 0.3) is 0 Å². The monoisotopic (exact) mass is 346 g/mol. The Hall–Kier alpha value is -1.62. The van der Waals surface area contributed by atoms with Crippen LogP contribution in [0.4, 0.5) is 4.39 Å². The van der Waals surface area contributed by atoms with E-state index in [1.54, 1.807) is 6.07 Å². The number of benzene rings is 1. The van der Waals surface area contributed by atoms with E-state index in [2.05, 4.69) is 17.1 Å². The zero-order valence-corrected chi connectivity index (χ0v) is 15.8. The van der Waals surface area contributed by atoms with Gasteiger partial charge in [0.2, 0.25) is 0 Å². The molecule has 1 aliphatic carbocycles. The van der Waals surface area contributed by atoms with E-state index in [4.69, 9.17) is 4.99 Å². The van der Waals surface area contributed by atoms with Crippen molar-refractivity contribution in [1.29, 1.82) is 0 Å². The first kappa shape index (κ1) is 18.2. The standard InChI is InChI=1S/C20H31FN4/c1-4-22-19(25-11-10-20(15-25)8-5-9-20)23-13-16-6-7-18(21)17(12-16)14-24(2)3/h6-7,12H,4-5,8-11,13-15H2,1-3H3,(H,22,23). The van der Waals surface area contributed by atoms with E-state index < -0.39 is 0 Å². The van der Waals surface area contributed by atoms with E-state index in [0.717, 1.165) is 36.7 Å². The molecule has 1 aliphatic heterocycles. The molecule has 1 heterocycles. The third kappa shape index (κ3) is 4.32. The van der Waals surface area contributed by atoms with Crippen molar-refractivity contribution >= 4 is 5.96 Å². The number of rotatable bonds is 5. The van der Waals surface area contributed by atoms with Gasteiger partial charge in [-0.25, -0.2) is 9.38 Å². The van der Waals surface area contributed by atoms with Crippen LogP contribution in [0.5, 0.6) is 0 Å². The minimum atomic E-state index is -0.139. The Balaban J connectivity index is 1.69. The van der Waals surface area contributed by atoms with Crippen molar-refractivity contribution in [3.05, 3.63) is 35.1 Å². The van der Waals surface area contributed by atoms with Gasteiger partial charge in [-0.1, -0.05) is 12.5 Å². The lowest BCUT2D eigenvalue weighted by Crippen LogP contribution is -2.42. The zero-order valence-electron chi connectivity index (χ0n) is 15.8. The summed E-state index contributed by atoms with van der Waals surface area (Å²) in [5.74, 6) is 0.865. The summed E-state index contributed by atoms with van der Waals surface area (Å²) in [5, 5.41) is 3.43. The van der Waals surface area contributed by atoms with E-state index in [-0.39, 0.29) is 5.82 Å². The fourth-order valence-corrected chi connectivity index (χ4v) is 3.98. The van der Waals surface area contributed by atoms with Gasteiger partial charge < -0.3 is 15.1 Å². The number of likely N-dealkylation sites (tertiary alicyclic amines) is 1. The molecule has 5 heteroatoms. The van der Waals surface area contributed by atoms with Gasteiger partial charge in [-0.15, -0.1) is 0 Å². The molecule has 1 aromatic rings. The lowest BCUT2D eigenvalue weighted by atomic mass is 9.68. The molecule has 0 amide bonds. The predicted octanol–water partition coefficient (Wildman–Crippen LogP) is 3.23. The Morgan fingerprint density at radius 2 is 2.12 bits per heavy atom. The first-order valence-electron chi connectivity index (χ1n) is 9.47.